The smallest absolute Gasteiger partial charge is 0.0586 e. The third-order valence-corrected chi connectivity index (χ3v) is 5.76. The average molecular weight is 282 g/mol. The van der Waals surface area contributed by atoms with E-state index in [9.17, 15) is 0 Å². The van der Waals surface area contributed by atoms with E-state index in [0.29, 0.717) is 17.7 Å². The van der Waals surface area contributed by atoms with E-state index in [1.54, 1.807) is 0 Å². The molecule has 0 radical (unpaired) electrons. The second-order valence-corrected chi connectivity index (χ2v) is 7.47. The minimum atomic E-state index is 0.230. The summed E-state index contributed by atoms with van der Waals surface area (Å²) in [6.07, 6.45) is 8.07. The van der Waals surface area contributed by atoms with Crippen molar-refractivity contribution < 1.29 is 4.74 Å². The van der Waals surface area contributed by atoms with Crippen LogP contribution in [0.2, 0.25) is 0 Å². The van der Waals surface area contributed by atoms with Crippen LogP contribution in [0, 0.1) is 0 Å². The zero-order valence-corrected chi connectivity index (χ0v) is 14.2. The van der Waals surface area contributed by atoms with Gasteiger partial charge in [-0.3, -0.25) is 4.90 Å². The van der Waals surface area contributed by atoms with Crippen LogP contribution < -0.4 is 5.32 Å². The van der Waals surface area contributed by atoms with E-state index < -0.39 is 0 Å². The molecule has 1 aliphatic carbocycles. The molecule has 0 spiro atoms. The van der Waals surface area contributed by atoms with Crippen molar-refractivity contribution in [1.82, 2.24) is 10.2 Å². The monoisotopic (exact) mass is 282 g/mol. The molecule has 118 valence electrons. The fraction of sp³-hybridized carbons (Fsp3) is 1.00. The van der Waals surface area contributed by atoms with Gasteiger partial charge in [0.2, 0.25) is 0 Å². The number of piperazine rings is 1. The highest BCUT2D eigenvalue weighted by molar-refractivity contribution is 5.04. The molecule has 2 atom stereocenters. The fourth-order valence-corrected chi connectivity index (χ4v) is 4.19. The van der Waals surface area contributed by atoms with E-state index in [-0.39, 0.29) is 5.54 Å². The Kier molecular flexibility index (Phi) is 5.14. The van der Waals surface area contributed by atoms with Crippen LogP contribution in [0.25, 0.3) is 0 Å². The number of methoxy groups -OCH3 is 1. The molecule has 1 saturated heterocycles. The molecule has 0 amide bonds. The van der Waals surface area contributed by atoms with E-state index in [1.165, 1.54) is 38.5 Å². The zero-order chi connectivity index (χ0) is 14.8. The van der Waals surface area contributed by atoms with Crippen molar-refractivity contribution in [3.8, 4) is 0 Å². The molecule has 2 aliphatic rings. The van der Waals surface area contributed by atoms with Gasteiger partial charge in [-0.05, 0) is 52.4 Å². The van der Waals surface area contributed by atoms with Gasteiger partial charge in [0.15, 0.2) is 0 Å². The van der Waals surface area contributed by atoms with Crippen LogP contribution in [-0.2, 0) is 4.74 Å². The topological polar surface area (TPSA) is 24.5 Å². The number of rotatable bonds is 4. The van der Waals surface area contributed by atoms with E-state index in [2.05, 4.69) is 37.9 Å². The fourth-order valence-electron chi connectivity index (χ4n) is 4.19. The molecule has 1 heterocycles. The zero-order valence-electron chi connectivity index (χ0n) is 14.2. The molecule has 0 bridgehead atoms. The first-order chi connectivity index (χ1) is 9.46. The molecule has 20 heavy (non-hydrogen) atoms. The average Bonchev–Trinajstić information content (AvgIpc) is 2.47. The van der Waals surface area contributed by atoms with Crippen molar-refractivity contribution in [3.63, 3.8) is 0 Å². The number of hydrogen-bond donors (Lipinski definition) is 1. The van der Waals surface area contributed by atoms with Crippen molar-refractivity contribution in [3.05, 3.63) is 0 Å². The Bertz CT molecular complexity index is 312. The molecule has 2 fully saturated rings. The molecule has 0 aromatic heterocycles. The molecule has 2 rings (SSSR count). The van der Waals surface area contributed by atoms with Crippen molar-refractivity contribution in [2.75, 3.05) is 20.2 Å². The van der Waals surface area contributed by atoms with Crippen molar-refractivity contribution in [1.29, 1.82) is 0 Å². The number of ether oxygens (including phenoxy) is 1. The molecular weight excluding hydrogens is 248 g/mol. The highest BCUT2D eigenvalue weighted by Gasteiger charge is 2.45. The maximum absolute atomic E-state index is 5.66. The summed E-state index contributed by atoms with van der Waals surface area (Å²) in [5, 5.41) is 3.77. The molecule has 1 saturated carbocycles. The van der Waals surface area contributed by atoms with Gasteiger partial charge in [-0.2, -0.15) is 0 Å². The quantitative estimate of drug-likeness (QED) is 0.857. The summed E-state index contributed by atoms with van der Waals surface area (Å²) in [5.74, 6) is 0. The highest BCUT2D eigenvalue weighted by atomic mass is 16.5. The van der Waals surface area contributed by atoms with Gasteiger partial charge in [-0.25, -0.2) is 0 Å². The number of hydrogen-bond acceptors (Lipinski definition) is 3. The molecule has 0 aromatic rings. The summed E-state index contributed by atoms with van der Waals surface area (Å²) >= 11 is 0. The van der Waals surface area contributed by atoms with Crippen LogP contribution in [0.1, 0.15) is 66.2 Å². The molecule has 0 aromatic carbocycles. The summed E-state index contributed by atoms with van der Waals surface area (Å²) in [6, 6.07) is 0.704. The Hall–Kier alpha value is -0.120. The Balaban J connectivity index is 2.18. The lowest BCUT2D eigenvalue weighted by Crippen LogP contribution is -2.70. The molecule has 3 nitrogen and oxygen atoms in total. The molecule has 3 heteroatoms. The van der Waals surface area contributed by atoms with Crippen molar-refractivity contribution >= 4 is 0 Å². The van der Waals surface area contributed by atoms with Crippen LogP contribution in [0.4, 0.5) is 0 Å². The predicted octanol–water partition coefficient (Wildman–Crippen LogP) is 3.19. The SMILES string of the molecule is CCC1(CC)CNC(C)(C)CN1C1CCCC(OC)C1. The first kappa shape index (κ1) is 16.3. The normalized spacial score (nSPS) is 34.0. The van der Waals surface area contributed by atoms with Crippen LogP contribution in [0.3, 0.4) is 0 Å². The van der Waals surface area contributed by atoms with Gasteiger partial charge in [0.25, 0.3) is 0 Å². The first-order valence-corrected chi connectivity index (χ1v) is 8.51. The van der Waals surface area contributed by atoms with E-state index >= 15 is 0 Å². The van der Waals surface area contributed by atoms with Gasteiger partial charge in [0.05, 0.1) is 6.10 Å². The maximum Gasteiger partial charge on any atom is 0.0586 e. The van der Waals surface area contributed by atoms with E-state index in [0.717, 1.165) is 13.1 Å². The summed E-state index contributed by atoms with van der Waals surface area (Å²) < 4.78 is 5.66. The minimum Gasteiger partial charge on any atom is -0.381 e. The first-order valence-electron chi connectivity index (χ1n) is 8.51. The van der Waals surface area contributed by atoms with Gasteiger partial charge in [0, 0.05) is 37.3 Å². The molecular formula is C17H34N2O. The number of nitrogens with zero attached hydrogens (tertiary/aromatic N) is 1. The molecule has 1 aliphatic heterocycles. The Morgan fingerprint density at radius 3 is 2.50 bits per heavy atom. The summed E-state index contributed by atoms with van der Waals surface area (Å²) in [6.45, 7) is 11.7. The second kappa shape index (κ2) is 6.33. The Labute approximate surface area is 125 Å². The van der Waals surface area contributed by atoms with E-state index in [1.807, 2.05) is 7.11 Å². The standard InChI is InChI=1S/C17H34N2O/c1-6-17(7-2)12-18-16(3,4)13-19(17)14-9-8-10-15(11-14)20-5/h14-15,18H,6-13H2,1-5H3. The predicted molar refractivity (Wildman–Crippen MR) is 85.2 cm³/mol. The van der Waals surface area contributed by atoms with Crippen LogP contribution >= 0.6 is 0 Å². The van der Waals surface area contributed by atoms with Crippen LogP contribution in [-0.4, -0.2) is 48.3 Å². The highest BCUT2D eigenvalue weighted by Crippen LogP contribution is 2.36. The van der Waals surface area contributed by atoms with Gasteiger partial charge in [0.1, 0.15) is 0 Å². The maximum atomic E-state index is 5.66. The van der Waals surface area contributed by atoms with E-state index in [4.69, 9.17) is 4.74 Å². The number of nitrogens with one attached hydrogen (secondary N) is 1. The molecule has 1 N–H and O–H groups in total. The van der Waals surface area contributed by atoms with Gasteiger partial charge in [-0.15, -0.1) is 0 Å². The lowest BCUT2D eigenvalue weighted by Gasteiger charge is -2.56. The second-order valence-electron chi connectivity index (χ2n) is 7.47. The lowest BCUT2D eigenvalue weighted by molar-refractivity contribution is -0.0573. The summed E-state index contributed by atoms with van der Waals surface area (Å²) in [7, 11) is 1.88. The van der Waals surface area contributed by atoms with Crippen LogP contribution in [0.5, 0.6) is 0 Å². The third-order valence-electron chi connectivity index (χ3n) is 5.76. The van der Waals surface area contributed by atoms with Gasteiger partial charge in [-0.1, -0.05) is 13.8 Å². The largest absolute Gasteiger partial charge is 0.381 e. The van der Waals surface area contributed by atoms with Gasteiger partial charge >= 0.3 is 0 Å². The minimum absolute atomic E-state index is 0.230. The van der Waals surface area contributed by atoms with Crippen LogP contribution in [0.15, 0.2) is 0 Å². The van der Waals surface area contributed by atoms with Crippen molar-refractivity contribution in [2.24, 2.45) is 0 Å². The van der Waals surface area contributed by atoms with Crippen molar-refractivity contribution in [2.45, 2.75) is 89.4 Å². The Morgan fingerprint density at radius 1 is 1.20 bits per heavy atom. The lowest BCUT2D eigenvalue weighted by atomic mass is 9.80. The molecule has 2 unspecified atom stereocenters. The summed E-state index contributed by atoms with van der Waals surface area (Å²) in [5.41, 5.74) is 0.573. The van der Waals surface area contributed by atoms with Gasteiger partial charge < -0.3 is 10.1 Å². The third kappa shape index (κ3) is 3.20. The summed E-state index contributed by atoms with van der Waals surface area (Å²) in [4.78, 5) is 2.84. The Morgan fingerprint density at radius 2 is 1.90 bits per heavy atom.